The van der Waals surface area contributed by atoms with Gasteiger partial charge in [-0.25, -0.2) is 9.79 Å². The van der Waals surface area contributed by atoms with E-state index in [0.29, 0.717) is 0 Å². The van der Waals surface area contributed by atoms with Crippen molar-refractivity contribution in [2.24, 2.45) is 4.99 Å². The van der Waals surface area contributed by atoms with Gasteiger partial charge in [0.15, 0.2) is 0 Å². The van der Waals surface area contributed by atoms with E-state index in [0.717, 1.165) is 12.8 Å². The third-order valence-corrected chi connectivity index (χ3v) is 2.51. The molecule has 2 heteroatoms. The molecule has 66 valence electrons. The molecule has 0 amide bonds. The molecule has 0 aromatic heterocycles. The monoisotopic (exact) mass is 173 g/mol. The van der Waals surface area contributed by atoms with E-state index in [4.69, 9.17) is 0 Å². The lowest BCUT2D eigenvalue weighted by Crippen LogP contribution is -2.01. The minimum atomic E-state index is 0.134. The first kappa shape index (κ1) is 8.21. The highest BCUT2D eigenvalue weighted by Gasteiger charge is 2.20. The van der Waals surface area contributed by atoms with Crippen molar-refractivity contribution in [1.82, 2.24) is 0 Å². The Balaban J connectivity index is 2.30. The van der Waals surface area contributed by atoms with Crippen LogP contribution in [-0.4, -0.2) is 12.1 Å². The molecule has 0 N–H and O–H groups in total. The zero-order valence-corrected chi connectivity index (χ0v) is 7.58. The summed E-state index contributed by atoms with van der Waals surface area (Å²) in [5.41, 5.74) is 3.94. The fraction of sp³-hybridized carbons (Fsp3) is 0.364. The molecule has 0 spiro atoms. The van der Waals surface area contributed by atoms with Crippen LogP contribution >= 0.6 is 0 Å². The molecule has 2 rings (SSSR count). The van der Waals surface area contributed by atoms with E-state index in [2.05, 4.69) is 30.1 Å². The summed E-state index contributed by atoms with van der Waals surface area (Å²) in [7, 11) is 0. The first-order valence-electron chi connectivity index (χ1n) is 4.45. The molecule has 0 fully saturated rings. The smallest absolute Gasteiger partial charge is 0.211 e. The fourth-order valence-corrected chi connectivity index (χ4v) is 1.89. The third-order valence-electron chi connectivity index (χ3n) is 2.51. The molecule has 0 saturated carbocycles. The van der Waals surface area contributed by atoms with Crippen molar-refractivity contribution in [1.29, 1.82) is 0 Å². The lowest BCUT2D eigenvalue weighted by molar-refractivity contribution is 0.557. The molecule has 0 radical (unpaired) electrons. The average molecular weight is 173 g/mol. The first-order chi connectivity index (χ1) is 6.29. The Morgan fingerprint density at radius 2 is 2.15 bits per heavy atom. The Hall–Kier alpha value is -1.40. The number of isocyanates is 1. The van der Waals surface area contributed by atoms with Crippen LogP contribution in [0.25, 0.3) is 0 Å². The van der Waals surface area contributed by atoms with Gasteiger partial charge in [-0.3, -0.25) is 0 Å². The highest BCUT2D eigenvalue weighted by Crippen LogP contribution is 2.24. The van der Waals surface area contributed by atoms with Crippen LogP contribution in [0, 0.1) is 6.92 Å². The van der Waals surface area contributed by atoms with Crippen molar-refractivity contribution < 1.29 is 4.79 Å². The zero-order chi connectivity index (χ0) is 9.26. The summed E-state index contributed by atoms with van der Waals surface area (Å²) in [6.07, 6.45) is 3.42. The Morgan fingerprint density at radius 3 is 2.92 bits per heavy atom. The standard InChI is InChI=1S/C11H11NO/c1-8-2-3-9-5-11(12-7-13)6-10(9)4-8/h2-4,11H,5-6H2,1H3. The van der Waals surface area contributed by atoms with Crippen LogP contribution in [-0.2, 0) is 17.6 Å². The normalized spacial score (nSPS) is 19.3. The largest absolute Gasteiger partial charge is 0.235 e. The number of aliphatic imine (C=N–C) groups is 1. The van der Waals surface area contributed by atoms with E-state index in [-0.39, 0.29) is 6.04 Å². The predicted molar refractivity (Wildman–Crippen MR) is 50.5 cm³/mol. The maximum atomic E-state index is 10.1. The number of aryl methyl sites for hydroxylation is 1. The molecule has 0 heterocycles. The van der Waals surface area contributed by atoms with Gasteiger partial charge >= 0.3 is 0 Å². The van der Waals surface area contributed by atoms with E-state index in [1.807, 2.05) is 0 Å². The zero-order valence-electron chi connectivity index (χ0n) is 7.58. The minimum Gasteiger partial charge on any atom is -0.211 e. The van der Waals surface area contributed by atoms with E-state index >= 15 is 0 Å². The number of rotatable bonds is 1. The predicted octanol–water partition coefficient (Wildman–Crippen LogP) is 1.80. The first-order valence-corrected chi connectivity index (χ1v) is 4.45. The van der Waals surface area contributed by atoms with Gasteiger partial charge in [0.2, 0.25) is 6.08 Å². The third kappa shape index (κ3) is 1.53. The lowest BCUT2D eigenvalue weighted by atomic mass is 10.1. The number of fused-ring (bicyclic) bond motifs is 1. The van der Waals surface area contributed by atoms with E-state index in [1.165, 1.54) is 16.7 Å². The van der Waals surface area contributed by atoms with Crippen LogP contribution in [0.15, 0.2) is 23.2 Å². The van der Waals surface area contributed by atoms with Gasteiger partial charge < -0.3 is 0 Å². The van der Waals surface area contributed by atoms with E-state index < -0.39 is 0 Å². The summed E-state index contributed by atoms with van der Waals surface area (Å²) in [6, 6.07) is 6.54. The highest BCUT2D eigenvalue weighted by molar-refractivity contribution is 5.40. The quantitative estimate of drug-likeness (QED) is 0.470. The lowest BCUT2D eigenvalue weighted by Gasteiger charge is -1.97. The van der Waals surface area contributed by atoms with Crippen LogP contribution < -0.4 is 0 Å². The van der Waals surface area contributed by atoms with Crippen LogP contribution in [0.2, 0.25) is 0 Å². The van der Waals surface area contributed by atoms with Crippen LogP contribution in [0.1, 0.15) is 16.7 Å². The molecule has 0 aliphatic heterocycles. The van der Waals surface area contributed by atoms with Crippen molar-refractivity contribution in [2.75, 3.05) is 0 Å². The molecule has 1 aliphatic rings. The van der Waals surface area contributed by atoms with Crippen molar-refractivity contribution in [3.63, 3.8) is 0 Å². The van der Waals surface area contributed by atoms with Crippen molar-refractivity contribution >= 4 is 6.08 Å². The molecule has 1 aromatic rings. The molecule has 1 aromatic carbocycles. The van der Waals surface area contributed by atoms with Crippen LogP contribution in [0.3, 0.4) is 0 Å². The van der Waals surface area contributed by atoms with Gasteiger partial charge in [-0.2, -0.15) is 0 Å². The van der Waals surface area contributed by atoms with Crippen molar-refractivity contribution in [2.45, 2.75) is 25.8 Å². The second kappa shape index (κ2) is 3.15. The summed E-state index contributed by atoms with van der Waals surface area (Å²) in [6.45, 7) is 2.08. The summed E-state index contributed by atoms with van der Waals surface area (Å²) in [4.78, 5) is 13.8. The second-order valence-electron chi connectivity index (χ2n) is 3.55. The number of benzene rings is 1. The SMILES string of the molecule is Cc1ccc2c(c1)CC(N=C=O)C2. The van der Waals surface area contributed by atoms with Gasteiger partial charge in [-0.15, -0.1) is 0 Å². The number of hydrogen-bond donors (Lipinski definition) is 0. The van der Waals surface area contributed by atoms with Gasteiger partial charge in [0.05, 0.1) is 6.04 Å². The summed E-state index contributed by atoms with van der Waals surface area (Å²) in [5.74, 6) is 0. The maximum absolute atomic E-state index is 10.1. The molecule has 0 saturated heterocycles. The number of hydrogen-bond acceptors (Lipinski definition) is 2. The molecule has 1 aliphatic carbocycles. The molecule has 0 bridgehead atoms. The molecular formula is C11H11NO. The van der Waals surface area contributed by atoms with Crippen LogP contribution in [0.4, 0.5) is 0 Å². The highest BCUT2D eigenvalue weighted by atomic mass is 16.1. The molecule has 1 atom stereocenters. The minimum absolute atomic E-state index is 0.134. The summed E-state index contributed by atoms with van der Waals surface area (Å²) in [5, 5.41) is 0. The van der Waals surface area contributed by atoms with Crippen molar-refractivity contribution in [3.8, 4) is 0 Å². The number of carbonyl (C=O) groups excluding carboxylic acids is 1. The summed E-state index contributed by atoms with van der Waals surface area (Å²) < 4.78 is 0. The average Bonchev–Trinajstić information content (AvgIpc) is 2.46. The Kier molecular flexibility index (Phi) is 1.99. The molecule has 13 heavy (non-hydrogen) atoms. The summed E-state index contributed by atoms with van der Waals surface area (Å²) >= 11 is 0. The maximum Gasteiger partial charge on any atom is 0.235 e. The molecule has 2 nitrogen and oxygen atoms in total. The van der Waals surface area contributed by atoms with Gasteiger partial charge in [-0.05, 0) is 30.9 Å². The Bertz CT molecular complexity index is 378. The topological polar surface area (TPSA) is 29.4 Å². The van der Waals surface area contributed by atoms with E-state index in [1.54, 1.807) is 6.08 Å². The van der Waals surface area contributed by atoms with Gasteiger partial charge in [0.1, 0.15) is 0 Å². The fourth-order valence-electron chi connectivity index (χ4n) is 1.89. The van der Waals surface area contributed by atoms with E-state index in [9.17, 15) is 4.79 Å². The van der Waals surface area contributed by atoms with Crippen LogP contribution in [0.5, 0.6) is 0 Å². The van der Waals surface area contributed by atoms with Gasteiger partial charge in [0.25, 0.3) is 0 Å². The van der Waals surface area contributed by atoms with Gasteiger partial charge in [-0.1, -0.05) is 23.8 Å². The molecular weight excluding hydrogens is 162 g/mol. The second-order valence-corrected chi connectivity index (χ2v) is 3.55. The van der Waals surface area contributed by atoms with Gasteiger partial charge in [0, 0.05) is 0 Å². The van der Waals surface area contributed by atoms with Crippen molar-refractivity contribution in [3.05, 3.63) is 34.9 Å². The molecule has 1 unspecified atom stereocenters. The Labute approximate surface area is 77.3 Å². The Morgan fingerprint density at radius 1 is 1.38 bits per heavy atom. The number of nitrogens with zero attached hydrogens (tertiary/aromatic N) is 1.